The van der Waals surface area contributed by atoms with Crippen LogP contribution < -0.4 is 15.4 Å². The number of nitrogens with zero attached hydrogens (tertiary/aromatic N) is 1. The first-order chi connectivity index (χ1) is 12.5. The fourth-order valence-corrected chi connectivity index (χ4v) is 3.83. The van der Waals surface area contributed by atoms with Crippen molar-refractivity contribution >= 4 is 23.3 Å². The Kier molecular flexibility index (Phi) is 3.83. The predicted octanol–water partition coefficient (Wildman–Crippen LogP) is 3.13. The Labute approximate surface area is 152 Å². The minimum atomic E-state index is -0.701. The van der Waals surface area contributed by atoms with Gasteiger partial charge in [-0.1, -0.05) is 12.1 Å². The molecule has 4 rings (SSSR count). The third kappa shape index (κ3) is 2.58. The number of hydrogen-bond donors (Lipinski definition) is 2. The van der Waals surface area contributed by atoms with Gasteiger partial charge in [-0.15, -0.1) is 0 Å². The van der Waals surface area contributed by atoms with Crippen LogP contribution in [0.15, 0.2) is 42.5 Å². The van der Waals surface area contributed by atoms with Crippen LogP contribution in [0.5, 0.6) is 5.75 Å². The Bertz CT molecular complexity index is 896. The van der Waals surface area contributed by atoms with E-state index < -0.39 is 5.41 Å². The summed E-state index contributed by atoms with van der Waals surface area (Å²) in [6.07, 6.45) is 0.597. The lowest BCUT2D eigenvalue weighted by Gasteiger charge is -2.23. The predicted molar refractivity (Wildman–Crippen MR) is 99.7 cm³/mol. The zero-order chi connectivity index (χ0) is 18.3. The van der Waals surface area contributed by atoms with Gasteiger partial charge in [0, 0.05) is 24.5 Å². The van der Waals surface area contributed by atoms with Crippen LogP contribution in [-0.4, -0.2) is 37.0 Å². The number of urea groups is 1. The van der Waals surface area contributed by atoms with Crippen LogP contribution in [0.2, 0.25) is 0 Å². The molecule has 6 nitrogen and oxygen atoms in total. The molecule has 2 aromatic rings. The molecule has 26 heavy (non-hydrogen) atoms. The molecule has 1 spiro atoms. The van der Waals surface area contributed by atoms with E-state index in [1.165, 1.54) is 0 Å². The number of ether oxygens (including phenoxy) is 1. The van der Waals surface area contributed by atoms with Gasteiger partial charge < -0.3 is 20.3 Å². The molecule has 0 radical (unpaired) electrons. The molecular formula is C20H21N3O3. The standard InChI is InChI=1S/C20H21N3O3/c1-13-4-3-5-14(10-13)21-19(25)23-9-8-20(12-23)16-11-15(26-2)6-7-17(16)22-18(20)24/h3-7,10-11H,8-9,12H2,1-2H3,(H,21,25)(H,22,24)/t20-/m1/s1. The topological polar surface area (TPSA) is 70.7 Å². The van der Waals surface area contributed by atoms with Gasteiger partial charge in [-0.05, 0) is 54.8 Å². The van der Waals surface area contributed by atoms with Crippen LogP contribution in [0.25, 0.3) is 0 Å². The zero-order valence-corrected chi connectivity index (χ0v) is 14.8. The van der Waals surface area contributed by atoms with Gasteiger partial charge in [0.05, 0.1) is 12.5 Å². The van der Waals surface area contributed by atoms with Crippen LogP contribution >= 0.6 is 0 Å². The Balaban J connectivity index is 1.57. The SMILES string of the molecule is COc1ccc2c(c1)[C@]1(CCN(C(=O)Nc3cccc(C)c3)C1)C(=O)N2. The van der Waals surface area contributed by atoms with Gasteiger partial charge in [0.2, 0.25) is 5.91 Å². The van der Waals surface area contributed by atoms with Crippen LogP contribution in [0.1, 0.15) is 17.5 Å². The molecule has 1 fully saturated rings. The minimum absolute atomic E-state index is 0.0494. The smallest absolute Gasteiger partial charge is 0.321 e. The summed E-state index contributed by atoms with van der Waals surface area (Å²) in [5, 5.41) is 5.87. The van der Waals surface area contributed by atoms with E-state index in [9.17, 15) is 9.59 Å². The molecule has 2 heterocycles. The molecule has 2 N–H and O–H groups in total. The summed E-state index contributed by atoms with van der Waals surface area (Å²) in [4.78, 5) is 27.1. The molecular weight excluding hydrogens is 330 g/mol. The first-order valence-corrected chi connectivity index (χ1v) is 8.64. The fraction of sp³-hybridized carbons (Fsp3) is 0.300. The molecule has 1 saturated heterocycles. The number of benzene rings is 2. The van der Waals surface area contributed by atoms with Crippen molar-refractivity contribution in [2.24, 2.45) is 0 Å². The van der Waals surface area contributed by atoms with Gasteiger partial charge >= 0.3 is 6.03 Å². The molecule has 0 unspecified atom stereocenters. The summed E-state index contributed by atoms with van der Waals surface area (Å²) >= 11 is 0. The highest BCUT2D eigenvalue weighted by molar-refractivity contribution is 6.07. The summed E-state index contributed by atoms with van der Waals surface area (Å²) in [5.41, 5.74) is 2.85. The number of aryl methyl sites for hydroxylation is 1. The molecule has 0 bridgehead atoms. The van der Waals surface area contributed by atoms with E-state index in [0.29, 0.717) is 25.3 Å². The van der Waals surface area contributed by atoms with E-state index >= 15 is 0 Å². The number of amides is 3. The summed E-state index contributed by atoms with van der Waals surface area (Å²) < 4.78 is 5.31. The Hall–Kier alpha value is -3.02. The van der Waals surface area contributed by atoms with Crippen molar-refractivity contribution in [1.82, 2.24) is 4.90 Å². The van der Waals surface area contributed by atoms with Crippen molar-refractivity contribution in [3.8, 4) is 5.75 Å². The van der Waals surface area contributed by atoms with E-state index in [-0.39, 0.29) is 11.9 Å². The number of carbonyl (C=O) groups is 2. The van der Waals surface area contributed by atoms with Gasteiger partial charge in [0.1, 0.15) is 5.75 Å². The Morgan fingerprint density at radius 2 is 2.12 bits per heavy atom. The van der Waals surface area contributed by atoms with Gasteiger partial charge in [-0.3, -0.25) is 4.79 Å². The highest BCUT2D eigenvalue weighted by atomic mass is 16.5. The average Bonchev–Trinajstić information content (AvgIpc) is 3.19. The van der Waals surface area contributed by atoms with E-state index in [1.54, 1.807) is 12.0 Å². The lowest BCUT2D eigenvalue weighted by Crippen LogP contribution is -2.40. The third-order valence-electron chi connectivity index (χ3n) is 5.25. The minimum Gasteiger partial charge on any atom is -0.497 e. The zero-order valence-electron chi connectivity index (χ0n) is 14.8. The molecule has 2 aromatic carbocycles. The molecule has 3 amide bonds. The lowest BCUT2D eigenvalue weighted by atomic mass is 9.81. The highest BCUT2D eigenvalue weighted by Gasteiger charge is 2.52. The maximum Gasteiger partial charge on any atom is 0.321 e. The maximum atomic E-state index is 12.7. The number of nitrogens with one attached hydrogen (secondary N) is 2. The van der Waals surface area contributed by atoms with Crippen molar-refractivity contribution < 1.29 is 14.3 Å². The van der Waals surface area contributed by atoms with E-state index in [2.05, 4.69) is 10.6 Å². The number of anilines is 2. The second-order valence-corrected chi connectivity index (χ2v) is 6.92. The summed E-state index contributed by atoms with van der Waals surface area (Å²) in [6.45, 7) is 2.87. The van der Waals surface area contributed by atoms with Crippen molar-refractivity contribution in [1.29, 1.82) is 0 Å². The van der Waals surface area contributed by atoms with Crippen LogP contribution in [0, 0.1) is 6.92 Å². The van der Waals surface area contributed by atoms with E-state index in [1.807, 2.05) is 49.4 Å². The number of fused-ring (bicyclic) bond motifs is 2. The normalized spacial score (nSPS) is 20.8. The van der Waals surface area contributed by atoms with Gasteiger partial charge in [0.25, 0.3) is 0 Å². The molecule has 0 saturated carbocycles. The van der Waals surface area contributed by atoms with Crippen molar-refractivity contribution in [2.75, 3.05) is 30.8 Å². The summed E-state index contributed by atoms with van der Waals surface area (Å²) in [6, 6.07) is 13.1. The first kappa shape index (κ1) is 16.4. The van der Waals surface area contributed by atoms with E-state index in [0.717, 1.165) is 22.5 Å². The van der Waals surface area contributed by atoms with Crippen molar-refractivity contribution in [2.45, 2.75) is 18.8 Å². The number of hydrogen-bond acceptors (Lipinski definition) is 3. The van der Waals surface area contributed by atoms with Gasteiger partial charge in [-0.25, -0.2) is 4.79 Å². The average molecular weight is 351 g/mol. The first-order valence-electron chi connectivity index (χ1n) is 8.64. The van der Waals surface area contributed by atoms with Crippen molar-refractivity contribution in [3.05, 3.63) is 53.6 Å². The fourth-order valence-electron chi connectivity index (χ4n) is 3.83. The van der Waals surface area contributed by atoms with Crippen molar-refractivity contribution in [3.63, 3.8) is 0 Å². The Morgan fingerprint density at radius 3 is 2.88 bits per heavy atom. The molecule has 0 aliphatic carbocycles. The maximum absolute atomic E-state index is 12.7. The van der Waals surface area contributed by atoms with Gasteiger partial charge in [-0.2, -0.15) is 0 Å². The second kappa shape index (κ2) is 6.05. The van der Waals surface area contributed by atoms with Gasteiger partial charge in [0.15, 0.2) is 0 Å². The Morgan fingerprint density at radius 1 is 1.27 bits per heavy atom. The lowest BCUT2D eigenvalue weighted by molar-refractivity contribution is -0.120. The van der Waals surface area contributed by atoms with Crippen LogP contribution in [-0.2, 0) is 10.2 Å². The summed E-state index contributed by atoms with van der Waals surface area (Å²) in [7, 11) is 1.61. The molecule has 2 aliphatic heterocycles. The number of rotatable bonds is 2. The second-order valence-electron chi connectivity index (χ2n) is 6.92. The molecule has 2 aliphatic rings. The number of likely N-dealkylation sites (tertiary alicyclic amines) is 1. The highest BCUT2D eigenvalue weighted by Crippen LogP contribution is 2.45. The largest absolute Gasteiger partial charge is 0.497 e. The van der Waals surface area contributed by atoms with Crippen LogP contribution in [0.3, 0.4) is 0 Å². The number of carbonyl (C=O) groups excluding carboxylic acids is 2. The quantitative estimate of drug-likeness (QED) is 0.873. The number of methoxy groups -OCH3 is 1. The molecule has 0 aromatic heterocycles. The van der Waals surface area contributed by atoms with E-state index in [4.69, 9.17) is 4.74 Å². The van der Waals surface area contributed by atoms with Crippen LogP contribution in [0.4, 0.5) is 16.2 Å². The molecule has 6 heteroatoms. The summed E-state index contributed by atoms with van der Waals surface area (Å²) in [5.74, 6) is 0.661. The molecule has 1 atom stereocenters. The molecule has 134 valence electrons. The monoisotopic (exact) mass is 351 g/mol. The third-order valence-corrected chi connectivity index (χ3v) is 5.25.